The Morgan fingerprint density at radius 3 is 2.53 bits per heavy atom. The van der Waals surface area contributed by atoms with Crippen LogP contribution in [0.1, 0.15) is 10.5 Å². The number of carboxylic acid groups (broad SMARTS) is 1. The topological polar surface area (TPSA) is 88.2 Å². The van der Waals surface area contributed by atoms with Crippen molar-refractivity contribution < 1.29 is 15.0 Å². The maximum atomic E-state index is 10.6. The minimum atomic E-state index is -1.18. The normalized spacial score (nSPS) is 10.1. The quantitative estimate of drug-likeness (QED) is 0.752. The fourth-order valence-corrected chi connectivity index (χ4v) is 1.15. The number of nitrogens with zero attached hydrogens (tertiary/aromatic N) is 3. The summed E-state index contributed by atoms with van der Waals surface area (Å²) >= 11 is 0. The Labute approximate surface area is 84.4 Å². The molecule has 2 heterocycles. The van der Waals surface area contributed by atoms with Crippen LogP contribution in [-0.2, 0) is 0 Å². The van der Waals surface area contributed by atoms with Gasteiger partial charge in [-0.05, 0) is 12.1 Å². The second kappa shape index (κ2) is 3.41. The summed E-state index contributed by atoms with van der Waals surface area (Å²) < 4.78 is 1.13. The highest BCUT2D eigenvalue weighted by Gasteiger charge is 2.13. The predicted molar refractivity (Wildman–Crippen MR) is 50.0 cm³/mol. The van der Waals surface area contributed by atoms with Crippen LogP contribution < -0.4 is 0 Å². The van der Waals surface area contributed by atoms with Crippen LogP contribution in [0, 0.1) is 0 Å². The first-order chi connectivity index (χ1) is 7.18. The number of carboxylic acids is 1. The van der Waals surface area contributed by atoms with E-state index in [9.17, 15) is 9.90 Å². The summed E-state index contributed by atoms with van der Waals surface area (Å²) in [4.78, 5) is 14.4. The molecule has 2 rings (SSSR count). The zero-order valence-electron chi connectivity index (χ0n) is 7.53. The molecule has 0 amide bonds. The molecule has 2 aromatic heterocycles. The van der Waals surface area contributed by atoms with Gasteiger partial charge < -0.3 is 10.2 Å². The van der Waals surface area contributed by atoms with Gasteiger partial charge in [-0.3, -0.25) is 4.98 Å². The lowest BCUT2D eigenvalue weighted by molar-refractivity contribution is 0.0690. The number of aromatic hydroxyl groups is 1. The molecule has 0 aliphatic carbocycles. The van der Waals surface area contributed by atoms with Crippen molar-refractivity contribution in [2.75, 3.05) is 0 Å². The van der Waals surface area contributed by atoms with Crippen LogP contribution in [0.15, 0.2) is 30.6 Å². The van der Waals surface area contributed by atoms with Gasteiger partial charge in [0.05, 0.1) is 5.69 Å². The van der Waals surface area contributed by atoms with Gasteiger partial charge in [0, 0.05) is 18.5 Å². The van der Waals surface area contributed by atoms with Crippen molar-refractivity contribution in [2.24, 2.45) is 0 Å². The first-order valence-corrected chi connectivity index (χ1v) is 4.11. The first kappa shape index (κ1) is 9.20. The Morgan fingerprint density at radius 2 is 2.00 bits per heavy atom. The smallest absolute Gasteiger partial charge is 0.356 e. The highest BCUT2D eigenvalue weighted by Crippen LogP contribution is 2.16. The Kier molecular flexibility index (Phi) is 2.09. The van der Waals surface area contributed by atoms with E-state index in [-0.39, 0.29) is 11.6 Å². The molecule has 15 heavy (non-hydrogen) atoms. The molecular formula is C9H7N3O3. The average Bonchev–Trinajstić information content (AvgIpc) is 2.62. The summed E-state index contributed by atoms with van der Waals surface area (Å²) in [6.07, 6.45) is 3.05. The van der Waals surface area contributed by atoms with Gasteiger partial charge in [0.1, 0.15) is 0 Å². The number of aromatic nitrogens is 3. The SMILES string of the molecule is O=C(O)c1cc(O)n(-c2ccncc2)n1. The lowest BCUT2D eigenvalue weighted by Crippen LogP contribution is -2.01. The van der Waals surface area contributed by atoms with E-state index in [1.165, 1.54) is 12.4 Å². The van der Waals surface area contributed by atoms with Crippen molar-refractivity contribution in [3.05, 3.63) is 36.3 Å². The number of carbonyl (C=O) groups is 1. The summed E-state index contributed by atoms with van der Waals surface area (Å²) in [6.45, 7) is 0. The summed E-state index contributed by atoms with van der Waals surface area (Å²) in [5.74, 6) is -1.41. The third-order valence-electron chi connectivity index (χ3n) is 1.82. The number of aromatic carboxylic acids is 1. The number of hydrogen-bond acceptors (Lipinski definition) is 4. The van der Waals surface area contributed by atoms with Crippen molar-refractivity contribution in [1.29, 1.82) is 0 Å². The molecule has 0 aliphatic rings. The Bertz CT molecular complexity index is 493. The van der Waals surface area contributed by atoms with Crippen LogP contribution >= 0.6 is 0 Å². The van der Waals surface area contributed by atoms with Gasteiger partial charge in [0.15, 0.2) is 5.69 Å². The van der Waals surface area contributed by atoms with E-state index >= 15 is 0 Å². The van der Waals surface area contributed by atoms with Gasteiger partial charge in [0.2, 0.25) is 5.88 Å². The summed E-state index contributed by atoms with van der Waals surface area (Å²) in [6, 6.07) is 4.31. The highest BCUT2D eigenvalue weighted by molar-refractivity contribution is 5.85. The fraction of sp³-hybridized carbons (Fsp3) is 0. The molecule has 0 radical (unpaired) electrons. The third kappa shape index (κ3) is 1.64. The molecule has 2 aromatic rings. The molecule has 0 saturated carbocycles. The molecule has 0 atom stereocenters. The lowest BCUT2D eigenvalue weighted by atomic mass is 10.4. The van der Waals surface area contributed by atoms with Gasteiger partial charge in [-0.25, -0.2) is 9.48 Å². The Hall–Kier alpha value is -2.37. The Balaban J connectivity index is 2.50. The molecule has 0 bridgehead atoms. The molecule has 0 aliphatic heterocycles. The van der Waals surface area contributed by atoms with Crippen LogP contribution in [0.5, 0.6) is 5.88 Å². The molecular weight excluding hydrogens is 198 g/mol. The molecule has 0 saturated heterocycles. The molecule has 2 N–H and O–H groups in total. The minimum absolute atomic E-state index is 0.204. The highest BCUT2D eigenvalue weighted by atomic mass is 16.4. The lowest BCUT2D eigenvalue weighted by Gasteiger charge is -2.00. The third-order valence-corrected chi connectivity index (χ3v) is 1.82. The molecule has 76 valence electrons. The van der Waals surface area contributed by atoms with Gasteiger partial charge in [-0.15, -0.1) is 0 Å². The first-order valence-electron chi connectivity index (χ1n) is 4.11. The van der Waals surface area contributed by atoms with E-state index < -0.39 is 5.97 Å². The van der Waals surface area contributed by atoms with Gasteiger partial charge in [-0.2, -0.15) is 5.10 Å². The van der Waals surface area contributed by atoms with Crippen LogP contribution in [0.25, 0.3) is 5.69 Å². The van der Waals surface area contributed by atoms with Crippen molar-refractivity contribution >= 4 is 5.97 Å². The fourth-order valence-electron chi connectivity index (χ4n) is 1.15. The molecule has 0 unspecified atom stereocenters. The van der Waals surface area contributed by atoms with Crippen molar-refractivity contribution in [3.8, 4) is 11.6 Å². The molecule has 0 spiro atoms. The van der Waals surface area contributed by atoms with Gasteiger partial charge in [0.25, 0.3) is 0 Å². The zero-order valence-corrected chi connectivity index (χ0v) is 7.53. The van der Waals surface area contributed by atoms with Crippen molar-refractivity contribution in [1.82, 2.24) is 14.8 Å². The maximum Gasteiger partial charge on any atom is 0.356 e. The summed E-state index contributed by atoms with van der Waals surface area (Å²) in [5.41, 5.74) is 0.347. The predicted octanol–water partition coefficient (Wildman–Crippen LogP) is 0.671. The van der Waals surface area contributed by atoms with E-state index in [4.69, 9.17) is 5.11 Å². The minimum Gasteiger partial charge on any atom is -0.493 e. The largest absolute Gasteiger partial charge is 0.493 e. The van der Waals surface area contributed by atoms with E-state index in [0.717, 1.165) is 10.7 Å². The molecule has 0 aromatic carbocycles. The molecule has 6 nitrogen and oxygen atoms in total. The van der Waals surface area contributed by atoms with E-state index in [1.807, 2.05) is 0 Å². The Morgan fingerprint density at radius 1 is 1.33 bits per heavy atom. The average molecular weight is 205 g/mol. The van der Waals surface area contributed by atoms with Gasteiger partial charge >= 0.3 is 5.97 Å². The second-order valence-corrected chi connectivity index (χ2v) is 2.81. The van der Waals surface area contributed by atoms with Crippen LogP contribution in [0.3, 0.4) is 0 Å². The van der Waals surface area contributed by atoms with Gasteiger partial charge in [-0.1, -0.05) is 0 Å². The monoisotopic (exact) mass is 205 g/mol. The maximum absolute atomic E-state index is 10.6. The standard InChI is InChI=1S/C9H7N3O3/c13-8-5-7(9(14)15)11-12(8)6-1-3-10-4-2-6/h1-5,13H,(H,14,15). The van der Waals surface area contributed by atoms with Crippen LogP contribution in [0.2, 0.25) is 0 Å². The number of rotatable bonds is 2. The second-order valence-electron chi connectivity index (χ2n) is 2.81. The zero-order chi connectivity index (χ0) is 10.8. The molecule has 0 fully saturated rings. The van der Waals surface area contributed by atoms with Crippen molar-refractivity contribution in [2.45, 2.75) is 0 Å². The number of pyridine rings is 1. The van der Waals surface area contributed by atoms with E-state index in [2.05, 4.69) is 10.1 Å². The molecule has 6 heteroatoms. The van der Waals surface area contributed by atoms with E-state index in [0.29, 0.717) is 5.69 Å². The summed E-state index contributed by atoms with van der Waals surface area (Å²) in [7, 11) is 0. The van der Waals surface area contributed by atoms with E-state index in [1.54, 1.807) is 12.1 Å². The van der Waals surface area contributed by atoms with Crippen molar-refractivity contribution in [3.63, 3.8) is 0 Å². The summed E-state index contributed by atoms with van der Waals surface area (Å²) in [5, 5.41) is 21.8. The van der Waals surface area contributed by atoms with Crippen LogP contribution in [0.4, 0.5) is 0 Å². The van der Waals surface area contributed by atoms with Crippen LogP contribution in [-0.4, -0.2) is 30.9 Å². The number of hydrogen-bond donors (Lipinski definition) is 2.